The van der Waals surface area contributed by atoms with Crippen LogP contribution in [0.4, 0.5) is 0 Å². The molecule has 0 saturated heterocycles. The van der Waals surface area contributed by atoms with Crippen molar-refractivity contribution in [1.82, 2.24) is 9.97 Å². The number of fused-ring (bicyclic) bond motifs is 1. The summed E-state index contributed by atoms with van der Waals surface area (Å²) in [5.41, 5.74) is 2.03. The molecule has 3 aromatic rings. The summed E-state index contributed by atoms with van der Waals surface area (Å²) in [6.07, 6.45) is 1.37. The molecule has 0 unspecified atom stereocenters. The maximum absolute atomic E-state index is 12.2. The fraction of sp³-hybridized carbons (Fsp3) is 0.0625. The Hall–Kier alpha value is -2.75. The average Bonchev–Trinajstić information content (AvgIpc) is 2.46. The van der Waals surface area contributed by atoms with Crippen LogP contribution in [0.3, 0.4) is 0 Å². The molecule has 3 rings (SSSR count). The summed E-state index contributed by atoms with van der Waals surface area (Å²) in [6.45, 7) is 1.94. The average molecular weight is 264 g/mol. The van der Waals surface area contributed by atoms with E-state index < -0.39 is 5.97 Å². The van der Waals surface area contributed by atoms with Gasteiger partial charge in [0.2, 0.25) is 0 Å². The van der Waals surface area contributed by atoms with Crippen molar-refractivity contribution in [3.05, 3.63) is 66.1 Å². The van der Waals surface area contributed by atoms with Crippen molar-refractivity contribution >= 4 is 16.9 Å². The summed E-state index contributed by atoms with van der Waals surface area (Å²) in [4.78, 5) is 20.4. The van der Waals surface area contributed by atoms with Gasteiger partial charge in [0, 0.05) is 5.39 Å². The van der Waals surface area contributed by atoms with E-state index in [1.54, 1.807) is 12.1 Å². The SMILES string of the molecule is Cc1cccc(OC(=O)c2ncnc3ccccc23)c1. The van der Waals surface area contributed by atoms with Crippen LogP contribution in [0, 0.1) is 6.92 Å². The second kappa shape index (κ2) is 5.09. The Labute approximate surface area is 116 Å². The summed E-state index contributed by atoms with van der Waals surface area (Å²) in [5, 5.41) is 0.688. The number of para-hydroxylation sites is 1. The number of rotatable bonds is 2. The van der Waals surface area contributed by atoms with Crippen LogP contribution in [0.25, 0.3) is 10.9 Å². The quantitative estimate of drug-likeness (QED) is 0.527. The second-order valence-electron chi connectivity index (χ2n) is 4.45. The van der Waals surface area contributed by atoms with E-state index in [-0.39, 0.29) is 5.69 Å². The highest BCUT2D eigenvalue weighted by atomic mass is 16.5. The number of hydrogen-bond acceptors (Lipinski definition) is 4. The fourth-order valence-corrected chi connectivity index (χ4v) is 2.00. The predicted octanol–water partition coefficient (Wildman–Crippen LogP) is 3.16. The van der Waals surface area contributed by atoms with Gasteiger partial charge in [-0.25, -0.2) is 14.8 Å². The van der Waals surface area contributed by atoms with Crippen molar-refractivity contribution in [1.29, 1.82) is 0 Å². The minimum atomic E-state index is -0.478. The molecule has 0 bridgehead atoms. The van der Waals surface area contributed by atoms with E-state index in [1.807, 2.05) is 43.3 Å². The van der Waals surface area contributed by atoms with Gasteiger partial charge in [0.15, 0.2) is 5.69 Å². The number of ether oxygens (including phenoxy) is 1. The van der Waals surface area contributed by atoms with Crippen LogP contribution in [0.1, 0.15) is 16.1 Å². The van der Waals surface area contributed by atoms with Gasteiger partial charge in [-0.2, -0.15) is 0 Å². The first kappa shape index (κ1) is 12.3. The summed E-state index contributed by atoms with van der Waals surface area (Å²) in [7, 11) is 0. The molecule has 4 nitrogen and oxygen atoms in total. The second-order valence-corrected chi connectivity index (χ2v) is 4.45. The van der Waals surface area contributed by atoms with Gasteiger partial charge in [0.05, 0.1) is 5.52 Å². The third-order valence-electron chi connectivity index (χ3n) is 2.94. The van der Waals surface area contributed by atoms with Crippen LogP contribution in [-0.2, 0) is 0 Å². The smallest absolute Gasteiger partial charge is 0.363 e. The zero-order valence-electron chi connectivity index (χ0n) is 10.9. The molecule has 0 radical (unpaired) electrons. The zero-order valence-corrected chi connectivity index (χ0v) is 10.9. The molecule has 0 atom stereocenters. The lowest BCUT2D eigenvalue weighted by molar-refractivity contribution is 0.0730. The highest BCUT2D eigenvalue weighted by Crippen LogP contribution is 2.18. The third kappa shape index (κ3) is 2.36. The fourth-order valence-electron chi connectivity index (χ4n) is 2.00. The molecule has 0 spiro atoms. The molecular formula is C16H12N2O2. The number of aryl methyl sites for hydroxylation is 1. The molecule has 98 valence electrons. The van der Waals surface area contributed by atoms with Crippen LogP contribution >= 0.6 is 0 Å². The highest BCUT2D eigenvalue weighted by molar-refractivity contribution is 6.02. The van der Waals surface area contributed by atoms with Crippen LogP contribution in [0.2, 0.25) is 0 Å². The Morgan fingerprint density at radius 1 is 1.05 bits per heavy atom. The van der Waals surface area contributed by atoms with Gasteiger partial charge in [-0.15, -0.1) is 0 Å². The highest BCUT2D eigenvalue weighted by Gasteiger charge is 2.14. The van der Waals surface area contributed by atoms with Gasteiger partial charge < -0.3 is 4.74 Å². The molecular weight excluding hydrogens is 252 g/mol. The topological polar surface area (TPSA) is 52.1 Å². The van der Waals surface area contributed by atoms with E-state index in [2.05, 4.69) is 9.97 Å². The Kier molecular flexibility index (Phi) is 3.13. The van der Waals surface area contributed by atoms with Crippen molar-refractivity contribution in [3.8, 4) is 5.75 Å². The van der Waals surface area contributed by atoms with Crippen LogP contribution in [0.15, 0.2) is 54.9 Å². The number of nitrogens with zero attached hydrogens (tertiary/aromatic N) is 2. The van der Waals surface area contributed by atoms with E-state index in [9.17, 15) is 4.79 Å². The normalized spacial score (nSPS) is 10.4. The van der Waals surface area contributed by atoms with E-state index in [1.165, 1.54) is 6.33 Å². The van der Waals surface area contributed by atoms with Crippen molar-refractivity contribution in [3.63, 3.8) is 0 Å². The number of carbonyl (C=O) groups is 1. The van der Waals surface area contributed by atoms with Gasteiger partial charge in [-0.3, -0.25) is 0 Å². The first-order valence-corrected chi connectivity index (χ1v) is 6.22. The monoisotopic (exact) mass is 264 g/mol. The van der Waals surface area contributed by atoms with Crippen molar-refractivity contribution in [2.24, 2.45) is 0 Å². The third-order valence-corrected chi connectivity index (χ3v) is 2.94. The van der Waals surface area contributed by atoms with Crippen LogP contribution in [-0.4, -0.2) is 15.9 Å². The summed E-state index contributed by atoms with van der Waals surface area (Å²) in [6, 6.07) is 14.7. The molecule has 0 aliphatic rings. The zero-order chi connectivity index (χ0) is 13.9. The van der Waals surface area contributed by atoms with Crippen molar-refractivity contribution in [2.75, 3.05) is 0 Å². The largest absolute Gasteiger partial charge is 0.422 e. The minimum Gasteiger partial charge on any atom is -0.422 e. The molecule has 2 aromatic carbocycles. The van der Waals surface area contributed by atoms with E-state index in [0.717, 1.165) is 11.1 Å². The Morgan fingerprint density at radius 2 is 1.90 bits per heavy atom. The van der Waals surface area contributed by atoms with Crippen LogP contribution in [0.5, 0.6) is 5.75 Å². The Bertz CT molecular complexity index is 779. The maximum Gasteiger partial charge on any atom is 0.363 e. The summed E-state index contributed by atoms with van der Waals surface area (Å²) < 4.78 is 5.36. The number of esters is 1. The van der Waals surface area contributed by atoms with Gasteiger partial charge in [-0.05, 0) is 30.7 Å². The summed E-state index contributed by atoms with van der Waals surface area (Å²) >= 11 is 0. The standard InChI is InChI=1S/C16H12N2O2/c1-11-5-4-6-12(9-11)20-16(19)15-13-7-2-3-8-14(13)17-10-18-15/h2-10H,1H3. The molecule has 0 saturated carbocycles. The lowest BCUT2D eigenvalue weighted by Gasteiger charge is -2.06. The molecule has 4 heteroatoms. The van der Waals surface area contributed by atoms with E-state index in [4.69, 9.17) is 4.74 Å². The molecule has 0 amide bonds. The van der Waals surface area contributed by atoms with Gasteiger partial charge in [-0.1, -0.05) is 30.3 Å². The predicted molar refractivity (Wildman–Crippen MR) is 75.7 cm³/mol. The van der Waals surface area contributed by atoms with E-state index in [0.29, 0.717) is 11.1 Å². The van der Waals surface area contributed by atoms with Gasteiger partial charge in [0.25, 0.3) is 0 Å². The molecule has 0 aliphatic heterocycles. The van der Waals surface area contributed by atoms with Crippen LogP contribution < -0.4 is 4.74 Å². The molecule has 0 N–H and O–H groups in total. The number of hydrogen-bond donors (Lipinski definition) is 0. The Balaban J connectivity index is 1.97. The number of aromatic nitrogens is 2. The Morgan fingerprint density at radius 3 is 2.75 bits per heavy atom. The van der Waals surface area contributed by atoms with Gasteiger partial charge in [0.1, 0.15) is 12.1 Å². The summed E-state index contributed by atoms with van der Waals surface area (Å²) in [5.74, 6) is 0.0342. The molecule has 20 heavy (non-hydrogen) atoms. The minimum absolute atomic E-state index is 0.275. The maximum atomic E-state index is 12.2. The first-order chi connectivity index (χ1) is 9.74. The van der Waals surface area contributed by atoms with Gasteiger partial charge >= 0.3 is 5.97 Å². The lowest BCUT2D eigenvalue weighted by Crippen LogP contribution is -2.11. The number of carbonyl (C=O) groups excluding carboxylic acids is 1. The lowest BCUT2D eigenvalue weighted by atomic mass is 10.2. The molecule has 0 aliphatic carbocycles. The van der Waals surface area contributed by atoms with Crippen molar-refractivity contribution < 1.29 is 9.53 Å². The first-order valence-electron chi connectivity index (χ1n) is 6.22. The molecule has 1 aromatic heterocycles. The molecule has 0 fully saturated rings. The van der Waals surface area contributed by atoms with Crippen molar-refractivity contribution in [2.45, 2.75) is 6.92 Å². The molecule has 1 heterocycles. The number of benzene rings is 2. The van der Waals surface area contributed by atoms with E-state index >= 15 is 0 Å².